The van der Waals surface area contributed by atoms with Crippen LogP contribution in [0.4, 0.5) is 0 Å². The molecule has 10 heteroatoms. The van der Waals surface area contributed by atoms with Gasteiger partial charge in [-0.25, -0.2) is 11.8 Å². The second kappa shape index (κ2) is 3.39. The summed E-state index contributed by atoms with van der Waals surface area (Å²) in [6.07, 6.45) is 0. The van der Waals surface area contributed by atoms with Gasteiger partial charge in [0.25, 0.3) is 0 Å². The van der Waals surface area contributed by atoms with Crippen LogP contribution in [-0.2, 0) is 9.68 Å². The predicted molar refractivity (Wildman–Crippen MR) is 43.9 cm³/mol. The van der Waals surface area contributed by atoms with Gasteiger partial charge in [0.2, 0.25) is 11.7 Å². The van der Waals surface area contributed by atoms with E-state index in [0.29, 0.717) is 0 Å². The van der Waals surface area contributed by atoms with E-state index in [4.69, 9.17) is 46.2 Å². The van der Waals surface area contributed by atoms with Crippen molar-refractivity contribution in [1.29, 1.82) is 0 Å². The third-order valence-corrected chi connectivity index (χ3v) is 1.68. The molecule has 0 spiro atoms. The molecule has 16 N–H and O–H groups in total. The standard InChI is InChI=1S/C3H16N8O2/c4-1(5,2(6,7)12-10)3(8,9)13-11/h4-11H2. The molecule has 0 aromatic rings. The highest BCUT2D eigenvalue weighted by molar-refractivity contribution is 5.02. The number of hydrogen-bond donors (Lipinski definition) is 8. The first-order chi connectivity index (χ1) is 5.62. The van der Waals surface area contributed by atoms with Crippen LogP contribution in [0.15, 0.2) is 0 Å². The molecule has 0 saturated heterocycles. The summed E-state index contributed by atoms with van der Waals surface area (Å²) in [6, 6.07) is 0. The summed E-state index contributed by atoms with van der Waals surface area (Å²) in [5.74, 6) is 5.06. The van der Waals surface area contributed by atoms with Crippen molar-refractivity contribution in [1.82, 2.24) is 0 Å². The molecule has 0 unspecified atom stereocenters. The van der Waals surface area contributed by atoms with Crippen LogP contribution < -0.4 is 46.2 Å². The fourth-order valence-electron chi connectivity index (χ4n) is 0.500. The Morgan fingerprint density at radius 1 is 0.615 bits per heavy atom. The second-order valence-electron chi connectivity index (χ2n) is 2.69. The average Bonchev–Trinajstić information content (AvgIpc) is 2.03. The van der Waals surface area contributed by atoms with Gasteiger partial charge in [0.05, 0.1) is 0 Å². The van der Waals surface area contributed by atoms with E-state index >= 15 is 0 Å². The minimum atomic E-state index is -2.20. The monoisotopic (exact) mass is 196 g/mol. The molecule has 0 heterocycles. The van der Waals surface area contributed by atoms with Gasteiger partial charge in [-0.05, 0) is 0 Å². The molecule has 0 bridgehead atoms. The van der Waals surface area contributed by atoms with Crippen molar-refractivity contribution in [2.24, 2.45) is 46.2 Å². The number of hydrogen-bond acceptors (Lipinski definition) is 10. The Kier molecular flexibility index (Phi) is 3.29. The smallest absolute Gasteiger partial charge is 0.225 e. The zero-order valence-electron chi connectivity index (χ0n) is 6.94. The van der Waals surface area contributed by atoms with Crippen LogP contribution in [0, 0.1) is 0 Å². The Labute approximate surface area is 74.3 Å². The highest BCUT2D eigenvalue weighted by Crippen LogP contribution is 2.14. The topological polar surface area (TPSA) is 227 Å². The summed E-state index contributed by atoms with van der Waals surface area (Å²) in [6.45, 7) is 0. The molecule has 0 amide bonds. The normalized spacial score (nSPS) is 14.8. The second-order valence-corrected chi connectivity index (χ2v) is 2.69. The van der Waals surface area contributed by atoms with Gasteiger partial charge in [-0.3, -0.25) is 32.6 Å². The van der Waals surface area contributed by atoms with Gasteiger partial charge in [-0.15, -0.1) is 0 Å². The summed E-state index contributed by atoms with van der Waals surface area (Å²) in [5, 5.41) is 0. The number of rotatable bonds is 4. The quantitative estimate of drug-likeness (QED) is 0.157. The highest BCUT2D eigenvalue weighted by atomic mass is 16.7. The highest BCUT2D eigenvalue weighted by Gasteiger charge is 2.55. The molecule has 10 nitrogen and oxygen atoms in total. The molecule has 0 rings (SSSR count). The lowest BCUT2D eigenvalue weighted by Crippen LogP contribution is -2.91. The minimum absolute atomic E-state index is 2.19. The maximum absolute atomic E-state index is 5.36. The van der Waals surface area contributed by atoms with Crippen LogP contribution in [-0.4, -0.2) is 17.4 Å². The van der Waals surface area contributed by atoms with Crippen LogP contribution in [0.2, 0.25) is 0 Å². The zero-order chi connectivity index (χ0) is 10.9. The van der Waals surface area contributed by atoms with Crippen molar-refractivity contribution in [2.45, 2.75) is 17.4 Å². The largest absolute Gasteiger partial charge is 0.304 e. The first-order valence-electron chi connectivity index (χ1n) is 3.11. The Hall–Kier alpha value is -0.400. The van der Waals surface area contributed by atoms with Crippen LogP contribution in [0.5, 0.6) is 0 Å². The van der Waals surface area contributed by atoms with Gasteiger partial charge in [0.15, 0.2) is 5.66 Å². The van der Waals surface area contributed by atoms with E-state index in [1.165, 1.54) is 0 Å². The first kappa shape index (κ1) is 12.6. The van der Waals surface area contributed by atoms with Crippen LogP contribution in [0.25, 0.3) is 0 Å². The van der Waals surface area contributed by atoms with E-state index in [9.17, 15) is 0 Å². The molecule has 0 saturated carbocycles. The molecule has 0 aromatic carbocycles. The van der Waals surface area contributed by atoms with E-state index in [2.05, 4.69) is 9.68 Å². The summed E-state index contributed by atoms with van der Waals surface area (Å²) in [7, 11) is 0. The summed E-state index contributed by atoms with van der Waals surface area (Å²) in [5.41, 5.74) is 29.5. The molecule has 0 aliphatic heterocycles. The third-order valence-electron chi connectivity index (χ3n) is 1.68. The molecule has 13 heavy (non-hydrogen) atoms. The van der Waals surface area contributed by atoms with Gasteiger partial charge in [-0.1, -0.05) is 0 Å². The molecule has 0 aliphatic rings. The maximum Gasteiger partial charge on any atom is 0.225 e. The van der Waals surface area contributed by atoms with Crippen LogP contribution >= 0.6 is 0 Å². The van der Waals surface area contributed by atoms with Crippen molar-refractivity contribution in [3.05, 3.63) is 0 Å². The Morgan fingerprint density at radius 3 is 1.00 bits per heavy atom. The van der Waals surface area contributed by atoms with E-state index in [-0.39, 0.29) is 0 Å². The SMILES string of the molecule is NOC(N)(N)C(N)(N)C(N)(N)ON. The van der Waals surface area contributed by atoms with Gasteiger partial charge in [-0.2, -0.15) is 0 Å². The van der Waals surface area contributed by atoms with Crippen molar-refractivity contribution in [3.8, 4) is 0 Å². The average molecular weight is 196 g/mol. The summed E-state index contributed by atoms with van der Waals surface area (Å²) >= 11 is 0. The Balaban J connectivity index is 4.95. The maximum atomic E-state index is 5.36. The van der Waals surface area contributed by atoms with Gasteiger partial charge in [0, 0.05) is 0 Å². The molecular weight excluding hydrogens is 180 g/mol. The molecule has 0 fully saturated rings. The third kappa shape index (κ3) is 1.92. The van der Waals surface area contributed by atoms with Crippen molar-refractivity contribution >= 4 is 0 Å². The summed E-state index contributed by atoms with van der Waals surface area (Å²) < 4.78 is 0. The van der Waals surface area contributed by atoms with E-state index in [1.54, 1.807) is 0 Å². The van der Waals surface area contributed by atoms with Crippen LogP contribution in [0.3, 0.4) is 0 Å². The number of nitrogens with two attached hydrogens (primary N) is 8. The van der Waals surface area contributed by atoms with Gasteiger partial charge < -0.3 is 11.5 Å². The van der Waals surface area contributed by atoms with E-state index < -0.39 is 17.4 Å². The summed E-state index contributed by atoms with van der Waals surface area (Å²) in [4.78, 5) is 8.20. The molecule has 0 aromatic heterocycles. The van der Waals surface area contributed by atoms with E-state index in [1.807, 2.05) is 0 Å². The van der Waals surface area contributed by atoms with Crippen molar-refractivity contribution in [2.75, 3.05) is 0 Å². The lowest BCUT2D eigenvalue weighted by Gasteiger charge is -2.45. The van der Waals surface area contributed by atoms with Gasteiger partial charge >= 0.3 is 0 Å². The van der Waals surface area contributed by atoms with Crippen LogP contribution in [0.1, 0.15) is 0 Å². The molecule has 0 radical (unpaired) electrons. The molecule has 80 valence electrons. The molecule has 0 atom stereocenters. The molecule has 0 aliphatic carbocycles. The fraction of sp³-hybridized carbons (Fsp3) is 1.00. The lowest BCUT2D eigenvalue weighted by atomic mass is 10.0. The fourth-order valence-corrected chi connectivity index (χ4v) is 0.500. The first-order valence-corrected chi connectivity index (χ1v) is 3.11. The Morgan fingerprint density at radius 2 is 0.846 bits per heavy atom. The Bertz CT molecular complexity index is 160. The van der Waals surface area contributed by atoms with Crippen molar-refractivity contribution in [3.63, 3.8) is 0 Å². The molecular formula is C3H16N8O2. The zero-order valence-corrected chi connectivity index (χ0v) is 6.94. The lowest BCUT2D eigenvalue weighted by molar-refractivity contribution is -0.188. The van der Waals surface area contributed by atoms with E-state index in [0.717, 1.165) is 0 Å². The predicted octanol–water partition coefficient (Wildman–Crippen LogP) is -5.48. The van der Waals surface area contributed by atoms with Crippen molar-refractivity contribution < 1.29 is 9.68 Å². The van der Waals surface area contributed by atoms with Gasteiger partial charge in [0.1, 0.15) is 0 Å². The minimum Gasteiger partial charge on any atom is -0.304 e.